The van der Waals surface area contributed by atoms with E-state index in [9.17, 15) is 9.59 Å². The van der Waals surface area contributed by atoms with E-state index in [1.165, 1.54) is 28.3 Å². The van der Waals surface area contributed by atoms with Crippen molar-refractivity contribution in [1.82, 2.24) is 19.7 Å². The highest BCUT2D eigenvalue weighted by molar-refractivity contribution is 7.16. The Morgan fingerprint density at radius 3 is 2.79 bits per heavy atom. The number of rotatable bonds is 6. The summed E-state index contributed by atoms with van der Waals surface area (Å²) in [5.74, 6) is 0.170. The van der Waals surface area contributed by atoms with Crippen LogP contribution in [0.4, 0.5) is 5.82 Å². The number of hydrogen-bond acceptors (Lipinski definition) is 7. The van der Waals surface area contributed by atoms with E-state index in [-0.39, 0.29) is 11.3 Å². The molecule has 0 aliphatic rings. The first kappa shape index (κ1) is 20.9. The highest BCUT2D eigenvalue weighted by Gasteiger charge is 2.20. The van der Waals surface area contributed by atoms with Crippen molar-refractivity contribution in [1.29, 1.82) is 0 Å². The smallest absolute Gasteiger partial charge is 0.315 e. The number of aromatic amines is 1. The maximum Gasteiger partial charge on any atom is 0.315 e. The number of anilines is 1. The molecule has 33 heavy (non-hydrogen) atoms. The third kappa shape index (κ3) is 4.50. The first-order chi connectivity index (χ1) is 16.1. The van der Waals surface area contributed by atoms with Gasteiger partial charge in [0.1, 0.15) is 5.82 Å². The molecule has 0 radical (unpaired) electrons. The van der Waals surface area contributed by atoms with E-state index < -0.39 is 5.91 Å². The first-order valence-electron chi connectivity index (χ1n) is 9.88. The van der Waals surface area contributed by atoms with Gasteiger partial charge in [0, 0.05) is 40.5 Å². The Morgan fingerprint density at radius 1 is 1.15 bits per heavy atom. The summed E-state index contributed by atoms with van der Waals surface area (Å²) in [5.41, 5.74) is 2.08. The maximum absolute atomic E-state index is 13.0. The average molecular weight is 478 g/mol. The molecule has 0 fully saturated rings. The van der Waals surface area contributed by atoms with Gasteiger partial charge >= 0.3 is 5.91 Å². The first-order valence-corrected chi connectivity index (χ1v) is 11.1. The van der Waals surface area contributed by atoms with Gasteiger partial charge in [-0.05, 0) is 42.5 Å². The highest BCUT2D eigenvalue weighted by Crippen LogP contribution is 2.27. The van der Waals surface area contributed by atoms with E-state index >= 15 is 0 Å². The number of furan rings is 1. The van der Waals surface area contributed by atoms with E-state index in [0.29, 0.717) is 33.7 Å². The van der Waals surface area contributed by atoms with Crippen molar-refractivity contribution in [3.63, 3.8) is 0 Å². The molecule has 0 saturated carbocycles. The zero-order valence-corrected chi connectivity index (χ0v) is 18.6. The Morgan fingerprint density at radius 2 is 2.06 bits per heavy atom. The fourth-order valence-electron chi connectivity index (χ4n) is 3.30. The molecule has 0 aliphatic carbocycles. The zero-order chi connectivity index (χ0) is 22.8. The van der Waals surface area contributed by atoms with Crippen molar-refractivity contribution in [3.05, 3.63) is 98.6 Å². The van der Waals surface area contributed by atoms with E-state index in [2.05, 4.69) is 20.4 Å². The van der Waals surface area contributed by atoms with Crippen LogP contribution in [-0.2, 0) is 6.54 Å². The van der Waals surface area contributed by atoms with Gasteiger partial charge in [-0.1, -0.05) is 11.6 Å². The summed E-state index contributed by atoms with van der Waals surface area (Å²) in [5, 5.41) is 7.71. The molecule has 5 aromatic rings. The van der Waals surface area contributed by atoms with Gasteiger partial charge in [0.05, 0.1) is 28.5 Å². The Kier molecular flexibility index (Phi) is 5.64. The Bertz CT molecular complexity index is 1470. The summed E-state index contributed by atoms with van der Waals surface area (Å²) in [7, 11) is 0. The normalized spacial score (nSPS) is 10.9. The largest absolute Gasteiger partial charge is 0.459 e. The second-order valence-electron chi connectivity index (χ2n) is 7.06. The Hall–Kier alpha value is -3.95. The summed E-state index contributed by atoms with van der Waals surface area (Å²) in [6.07, 6.45) is 4.74. The Balaban J connectivity index is 1.55. The number of thiophene rings is 1. The summed E-state index contributed by atoms with van der Waals surface area (Å²) < 4.78 is 7.18. The monoisotopic (exact) mass is 477 g/mol. The molecule has 0 amide bonds. The van der Waals surface area contributed by atoms with Crippen LogP contribution in [-0.4, -0.2) is 25.7 Å². The summed E-state index contributed by atoms with van der Waals surface area (Å²) >= 11 is 7.47. The molecule has 8 nitrogen and oxygen atoms in total. The third-order valence-corrected chi connectivity index (χ3v) is 6.05. The molecule has 0 atom stereocenters. The second-order valence-corrected chi connectivity index (χ2v) is 8.86. The molecule has 10 heteroatoms. The molecule has 0 aromatic carbocycles. The van der Waals surface area contributed by atoms with Gasteiger partial charge in [-0.15, -0.1) is 11.3 Å². The van der Waals surface area contributed by atoms with Crippen molar-refractivity contribution in [3.8, 4) is 22.5 Å². The predicted octanol–water partition coefficient (Wildman–Crippen LogP) is 4.91. The lowest BCUT2D eigenvalue weighted by Crippen LogP contribution is -2.16. The number of nitrogens with one attached hydrogen (secondary N) is 2. The molecule has 0 unspecified atom stereocenters. The molecule has 5 aromatic heterocycles. The molecule has 2 N–H and O–H groups in total. The average Bonchev–Trinajstić information content (AvgIpc) is 3.58. The van der Waals surface area contributed by atoms with Crippen molar-refractivity contribution >= 4 is 34.7 Å². The number of pyridine rings is 2. The molecule has 0 spiro atoms. The van der Waals surface area contributed by atoms with Crippen LogP contribution in [0.2, 0.25) is 4.34 Å². The van der Waals surface area contributed by atoms with Crippen molar-refractivity contribution in [2.45, 2.75) is 6.54 Å². The summed E-state index contributed by atoms with van der Waals surface area (Å²) in [6.45, 7) is 0.449. The molecule has 5 heterocycles. The van der Waals surface area contributed by atoms with Crippen LogP contribution in [0.1, 0.15) is 15.4 Å². The number of carbonyl (C=O) groups is 1. The van der Waals surface area contributed by atoms with Crippen LogP contribution < -0.4 is 10.9 Å². The van der Waals surface area contributed by atoms with Crippen molar-refractivity contribution in [2.24, 2.45) is 0 Å². The van der Waals surface area contributed by atoms with Gasteiger partial charge in [-0.25, -0.2) is 0 Å². The second kappa shape index (κ2) is 8.89. The highest BCUT2D eigenvalue weighted by atomic mass is 35.5. The predicted molar refractivity (Wildman–Crippen MR) is 127 cm³/mol. The third-order valence-electron chi connectivity index (χ3n) is 4.82. The van der Waals surface area contributed by atoms with E-state index in [4.69, 9.17) is 16.0 Å². The minimum atomic E-state index is -0.435. The van der Waals surface area contributed by atoms with Crippen molar-refractivity contribution < 1.29 is 9.21 Å². The summed E-state index contributed by atoms with van der Waals surface area (Å²) in [6, 6.07) is 15.5. The minimum absolute atomic E-state index is 0.147. The van der Waals surface area contributed by atoms with Crippen LogP contribution in [0.3, 0.4) is 0 Å². The number of halogens is 1. The minimum Gasteiger partial charge on any atom is -0.459 e. The fraction of sp³-hybridized carbons (Fsp3) is 0.0435. The van der Waals surface area contributed by atoms with Gasteiger partial charge in [-0.3, -0.25) is 14.6 Å². The van der Waals surface area contributed by atoms with E-state index in [1.807, 2.05) is 18.2 Å². The molecule has 0 aliphatic heterocycles. The molecule has 164 valence electrons. The van der Waals surface area contributed by atoms with Crippen molar-refractivity contribution in [2.75, 3.05) is 5.32 Å². The molecule has 5 rings (SSSR count). The maximum atomic E-state index is 13.0. The zero-order valence-electron chi connectivity index (χ0n) is 17.0. The lowest BCUT2D eigenvalue weighted by molar-refractivity contribution is 0.0920. The van der Waals surface area contributed by atoms with Gasteiger partial charge in [-0.2, -0.15) is 9.78 Å². The Labute approximate surface area is 196 Å². The standard InChI is InChI=1S/C23H16ClN5O3S/c24-20-6-5-16(33-20)13-26-21-11-18(28-29(21)23(31)19-4-2-8-32-19)15-9-17(27-22(30)10-15)14-3-1-7-25-12-14/h1-12,26H,13H2,(H,27,30). The molecular formula is C23H16ClN5O3S. The number of aromatic nitrogens is 4. The number of hydrogen-bond donors (Lipinski definition) is 2. The number of nitrogens with zero attached hydrogens (tertiary/aromatic N) is 3. The van der Waals surface area contributed by atoms with Crippen LogP contribution in [0.5, 0.6) is 0 Å². The van der Waals surface area contributed by atoms with Crippen LogP contribution in [0.15, 0.2) is 82.5 Å². The van der Waals surface area contributed by atoms with Gasteiger partial charge in [0.25, 0.3) is 0 Å². The summed E-state index contributed by atoms with van der Waals surface area (Å²) in [4.78, 5) is 33.3. The fourth-order valence-corrected chi connectivity index (χ4v) is 4.33. The molecule has 0 saturated heterocycles. The quantitative estimate of drug-likeness (QED) is 0.360. The van der Waals surface area contributed by atoms with Gasteiger partial charge in [0.2, 0.25) is 5.56 Å². The van der Waals surface area contributed by atoms with Gasteiger partial charge < -0.3 is 14.7 Å². The molecular weight excluding hydrogens is 462 g/mol. The number of H-pyrrole nitrogens is 1. The van der Waals surface area contributed by atoms with Crippen LogP contribution >= 0.6 is 22.9 Å². The SMILES string of the molecule is O=C(c1ccco1)n1nc(-c2cc(-c3cccnc3)[nH]c(=O)c2)cc1NCc1ccc(Cl)s1. The topological polar surface area (TPSA) is 106 Å². The van der Waals surface area contributed by atoms with Crippen LogP contribution in [0, 0.1) is 0 Å². The van der Waals surface area contributed by atoms with E-state index in [0.717, 1.165) is 10.4 Å². The van der Waals surface area contributed by atoms with E-state index in [1.54, 1.807) is 42.7 Å². The van der Waals surface area contributed by atoms with Gasteiger partial charge in [0.15, 0.2) is 5.76 Å². The lowest BCUT2D eigenvalue weighted by atomic mass is 10.1. The lowest BCUT2D eigenvalue weighted by Gasteiger charge is -2.06. The number of carbonyl (C=O) groups excluding carboxylic acids is 1. The molecule has 0 bridgehead atoms. The van der Waals surface area contributed by atoms with Crippen LogP contribution in [0.25, 0.3) is 22.5 Å².